The van der Waals surface area contributed by atoms with Gasteiger partial charge in [0.25, 0.3) is 0 Å². The highest BCUT2D eigenvalue weighted by Crippen LogP contribution is 2.28. The second-order valence-electron chi connectivity index (χ2n) is 5.60. The number of nitrogens with one attached hydrogen (secondary N) is 2. The summed E-state index contributed by atoms with van der Waals surface area (Å²) in [5, 5.41) is 3.34. The molecule has 22 heavy (non-hydrogen) atoms. The Bertz CT molecular complexity index is 651. The summed E-state index contributed by atoms with van der Waals surface area (Å²) in [5.74, 6) is 0.810. The normalized spacial score (nSPS) is 18.3. The molecule has 2 N–H and O–H groups in total. The third-order valence-electron chi connectivity index (χ3n) is 4.06. The number of ether oxygens (including phenoxy) is 1. The summed E-state index contributed by atoms with van der Waals surface area (Å²) in [6, 6.07) is 7.62. The maximum atomic E-state index is 12.0. The van der Waals surface area contributed by atoms with E-state index in [-0.39, 0.29) is 12.0 Å². The van der Waals surface area contributed by atoms with Crippen LogP contribution in [-0.2, 0) is 16.0 Å². The Kier molecular flexibility index (Phi) is 4.42. The molecule has 0 saturated carbocycles. The van der Waals surface area contributed by atoms with Gasteiger partial charge in [-0.1, -0.05) is 31.0 Å². The third-order valence-corrected chi connectivity index (χ3v) is 4.06. The summed E-state index contributed by atoms with van der Waals surface area (Å²) in [6.07, 6.45) is 6.79. The quantitative estimate of drug-likeness (QED) is 0.794. The zero-order chi connectivity index (χ0) is 15.4. The molecule has 0 aliphatic carbocycles. The molecule has 2 aromatic rings. The van der Waals surface area contributed by atoms with Crippen LogP contribution in [-0.4, -0.2) is 29.1 Å². The van der Waals surface area contributed by atoms with Crippen LogP contribution in [0.1, 0.15) is 31.5 Å². The monoisotopic (exact) mass is 299 g/mol. The molecule has 5 heteroatoms. The van der Waals surface area contributed by atoms with Crippen LogP contribution >= 0.6 is 0 Å². The lowest BCUT2D eigenvalue weighted by Crippen LogP contribution is -2.30. The minimum Gasteiger partial charge on any atom is -0.467 e. The van der Waals surface area contributed by atoms with E-state index >= 15 is 0 Å². The van der Waals surface area contributed by atoms with E-state index in [1.165, 1.54) is 7.11 Å². The number of esters is 1. The van der Waals surface area contributed by atoms with E-state index < -0.39 is 0 Å². The van der Waals surface area contributed by atoms with Gasteiger partial charge in [0.05, 0.1) is 12.8 Å². The second kappa shape index (κ2) is 6.64. The first kappa shape index (κ1) is 14.6. The summed E-state index contributed by atoms with van der Waals surface area (Å²) < 4.78 is 4.93. The molecule has 1 unspecified atom stereocenters. The fourth-order valence-electron chi connectivity index (χ4n) is 2.86. The minimum absolute atomic E-state index is 0.213. The van der Waals surface area contributed by atoms with Crippen molar-refractivity contribution < 1.29 is 9.53 Å². The topological polar surface area (TPSA) is 67.0 Å². The van der Waals surface area contributed by atoms with E-state index in [4.69, 9.17) is 4.74 Å². The van der Waals surface area contributed by atoms with Crippen molar-refractivity contribution in [3.63, 3.8) is 0 Å². The van der Waals surface area contributed by atoms with Gasteiger partial charge in [0.1, 0.15) is 11.9 Å². The van der Waals surface area contributed by atoms with Gasteiger partial charge in [-0.15, -0.1) is 0 Å². The standard InChI is InChI=1S/C17H21N3O2/c1-22-17(21)14-9-3-2-4-10-16-18-11-15(20-16)12-7-5-6-8-13(12)19-14/h5-8,11,14,19H,2-4,9-10H2,1H3,(H,18,20). The van der Waals surface area contributed by atoms with E-state index in [1.807, 2.05) is 30.5 Å². The molecule has 1 atom stereocenters. The summed E-state index contributed by atoms with van der Waals surface area (Å²) in [6.45, 7) is 0. The van der Waals surface area contributed by atoms with Crippen LogP contribution in [0.5, 0.6) is 0 Å². The Labute approximate surface area is 130 Å². The van der Waals surface area contributed by atoms with E-state index in [0.717, 1.165) is 54.9 Å². The minimum atomic E-state index is -0.316. The molecule has 1 aromatic carbocycles. The average Bonchev–Trinajstić information content (AvgIpc) is 3.01. The highest BCUT2D eigenvalue weighted by atomic mass is 16.5. The van der Waals surface area contributed by atoms with Crippen LogP contribution in [0.15, 0.2) is 30.5 Å². The number of aryl methyl sites for hydroxylation is 1. The van der Waals surface area contributed by atoms with Crippen LogP contribution in [0.25, 0.3) is 11.3 Å². The second-order valence-corrected chi connectivity index (χ2v) is 5.60. The summed E-state index contributed by atoms with van der Waals surface area (Å²) >= 11 is 0. The first-order valence-corrected chi connectivity index (χ1v) is 7.76. The molecule has 1 aliphatic heterocycles. The maximum absolute atomic E-state index is 12.0. The Morgan fingerprint density at radius 2 is 2.14 bits per heavy atom. The number of methoxy groups -OCH3 is 1. The van der Waals surface area contributed by atoms with Gasteiger partial charge in [-0.05, 0) is 18.9 Å². The van der Waals surface area contributed by atoms with Crippen LogP contribution in [0.2, 0.25) is 0 Å². The van der Waals surface area contributed by atoms with E-state index in [0.29, 0.717) is 0 Å². The van der Waals surface area contributed by atoms with Crippen molar-refractivity contribution in [3.8, 4) is 11.3 Å². The Morgan fingerprint density at radius 1 is 1.27 bits per heavy atom. The SMILES string of the molecule is COC(=O)C1CCCCCc2nc(c[nH]2)-c2ccccc2N1. The molecule has 116 valence electrons. The molecule has 2 heterocycles. The number of hydrogen-bond donors (Lipinski definition) is 2. The van der Waals surface area contributed by atoms with Gasteiger partial charge in [-0.2, -0.15) is 0 Å². The summed E-state index contributed by atoms with van der Waals surface area (Å²) in [5.41, 5.74) is 2.82. The smallest absolute Gasteiger partial charge is 0.328 e. The zero-order valence-electron chi connectivity index (χ0n) is 12.8. The first-order chi connectivity index (χ1) is 10.8. The van der Waals surface area contributed by atoms with Crippen molar-refractivity contribution in [2.24, 2.45) is 0 Å². The molecular weight excluding hydrogens is 278 g/mol. The fourth-order valence-corrected chi connectivity index (χ4v) is 2.86. The van der Waals surface area contributed by atoms with Gasteiger partial charge in [0, 0.05) is 23.9 Å². The van der Waals surface area contributed by atoms with E-state index in [9.17, 15) is 4.79 Å². The Balaban J connectivity index is 1.98. The molecule has 0 amide bonds. The lowest BCUT2D eigenvalue weighted by molar-refractivity contribution is -0.141. The average molecular weight is 299 g/mol. The number of fused-ring (bicyclic) bond motifs is 4. The number of rotatable bonds is 1. The van der Waals surface area contributed by atoms with Gasteiger partial charge >= 0.3 is 5.97 Å². The largest absolute Gasteiger partial charge is 0.467 e. The number of aromatic nitrogens is 2. The Hall–Kier alpha value is -2.30. The number of anilines is 1. The van der Waals surface area contributed by atoms with Crippen LogP contribution < -0.4 is 5.32 Å². The first-order valence-electron chi connectivity index (χ1n) is 7.76. The van der Waals surface area contributed by atoms with Crippen molar-refractivity contribution in [3.05, 3.63) is 36.3 Å². The van der Waals surface area contributed by atoms with Crippen LogP contribution in [0, 0.1) is 0 Å². The van der Waals surface area contributed by atoms with E-state index in [1.54, 1.807) is 0 Å². The molecule has 5 nitrogen and oxygen atoms in total. The molecule has 0 radical (unpaired) electrons. The number of hydrogen-bond acceptors (Lipinski definition) is 4. The van der Waals surface area contributed by atoms with Crippen molar-refractivity contribution in [2.45, 2.75) is 38.1 Å². The van der Waals surface area contributed by atoms with Gasteiger partial charge < -0.3 is 15.0 Å². The van der Waals surface area contributed by atoms with Crippen molar-refractivity contribution in [1.82, 2.24) is 9.97 Å². The number of aromatic amines is 1. The molecule has 1 aliphatic rings. The lowest BCUT2D eigenvalue weighted by atomic mass is 10.0. The number of H-pyrrole nitrogens is 1. The van der Waals surface area contributed by atoms with Crippen molar-refractivity contribution >= 4 is 11.7 Å². The lowest BCUT2D eigenvalue weighted by Gasteiger charge is -2.19. The number of nitrogens with zero attached hydrogens (tertiary/aromatic N) is 1. The summed E-state index contributed by atoms with van der Waals surface area (Å²) in [4.78, 5) is 19.9. The number of para-hydroxylation sites is 1. The molecule has 0 spiro atoms. The van der Waals surface area contributed by atoms with Crippen LogP contribution in [0.3, 0.4) is 0 Å². The number of carbonyl (C=O) groups excluding carboxylic acids is 1. The van der Waals surface area contributed by atoms with Gasteiger partial charge in [-0.3, -0.25) is 0 Å². The molecule has 2 bridgehead atoms. The van der Waals surface area contributed by atoms with E-state index in [2.05, 4.69) is 15.3 Å². The maximum Gasteiger partial charge on any atom is 0.328 e. The fraction of sp³-hybridized carbons (Fsp3) is 0.412. The molecule has 1 aromatic heterocycles. The number of imidazole rings is 1. The summed E-state index contributed by atoms with van der Waals surface area (Å²) in [7, 11) is 1.44. The van der Waals surface area contributed by atoms with Crippen molar-refractivity contribution in [1.29, 1.82) is 0 Å². The van der Waals surface area contributed by atoms with Crippen LogP contribution in [0.4, 0.5) is 5.69 Å². The number of carbonyl (C=O) groups is 1. The van der Waals surface area contributed by atoms with Gasteiger partial charge in [0.2, 0.25) is 0 Å². The molecule has 3 rings (SSSR count). The predicted molar refractivity (Wildman–Crippen MR) is 85.6 cm³/mol. The zero-order valence-corrected chi connectivity index (χ0v) is 12.8. The highest BCUT2D eigenvalue weighted by Gasteiger charge is 2.21. The highest BCUT2D eigenvalue weighted by molar-refractivity contribution is 5.83. The van der Waals surface area contributed by atoms with Gasteiger partial charge in [-0.25, -0.2) is 9.78 Å². The Morgan fingerprint density at radius 3 is 3.00 bits per heavy atom. The molecule has 0 saturated heterocycles. The molecule has 0 fully saturated rings. The van der Waals surface area contributed by atoms with Gasteiger partial charge in [0.15, 0.2) is 0 Å². The predicted octanol–water partition coefficient (Wildman–Crippen LogP) is 3.15. The molecular formula is C17H21N3O2. The number of benzene rings is 1. The third kappa shape index (κ3) is 3.13. The van der Waals surface area contributed by atoms with Crippen molar-refractivity contribution in [2.75, 3.05) is 12.4 Å².